The lowest BCUT2D eigenvalue weighted by molar-refractivity contribution is -0.134. The minimum Gasteiger partial charge on any atom is -0.381 e. The van der Waals surface area contributed by atoms with Gasteiger partial charge in [-0.15, -0.1) is 0 Å². The third-order valence-electron chi connectivity index (χ3n) is 6.32. The number of amides is 1. The Morgan fingerprint density at radius 1 is 1.21 bits per heavy atom. The zero-order chi connectivity index (χ0) is 20.0. The largest absolute Gasteiger partial charge is 0.381 e. The quantitative estimate of drug-likeness (QED) is 0.749. The molecule has 5 rings (SSSR count). The number of ether oxygens (including phenoxy) is 1. The maximum absolute atomic E-state index is 13.0. The molecule has 2 aliphatic heterocycles. The van der Waals surface area contributed by atoms with E-state index >= 15 is 0 Å². The first-order valence-electron chi connectivity index (χ1n) is 10.1. The van der Waals surface area contributed by atoms with E-state index in [4.69, 9.17) is 10.1 Å². The van der Waals surface area contributed by atoms with E-state index in [1.54, 1.807) is 11.1 Å². The van der Waals surface area contributed by atoms with Crippen LogP contribution < -0.4 is 10.6 Å². The average Bonchev–Trinajstić information content (AvgIpc) is 2.70. The van der Waals surface area contributed by atoms with Gasteiger partial charge in [-0.3, -0.25) is 20.1 Å². The number of pyridine rings is 1. The Kier molecular flexibility index (Phi) is 4.28. The summed E-state index contributed by atoms with van der Waals surface area (Å²) in [6, 6.07) is 10.1. The first kappa shape index (κ1) is 18.1. The summed E-state index contributed by atoms with van der Waals surface area (Å²) >= 11 is 0. The van der Waals surface area contributed by atoms with Crippen LogP contribution in [-0.2, 0) is 21.5 Å². The third-order valence-corrected chi connectivity index (χ3v) is 6.32. The van der Waals surface area contributed by atoms with E-state index in [-0.39, 0.29) is 17.9 Å². The Bertz CT molecular complexity index is 965. The van der Waals surface area contributed by atoms with E-state index in [1.807, 2.05) is 25.1 Å². The topological polar surface area (TPSA) is 90.3 Å². The van der Waals surface area contributed by atoms with Crippen LogP contribution in [0.1, 0.15) is 36.1 Å². The normalized spacial score (nSPS) is 24.1. The van der Waals surface area contributed by atoms with Crippen molar-refractivity contribution in [2.75, 3.05) is 18.5 Å². The molecule has 150 valence electrons. The molecule has 7 heteroatoms. The molecule has 7 nitrogen and oxygen atoms in total. The van der Waals surface area contributed by atoms with Gasteiger partial charge >= 0.3 is 0 Å². The van der Waals surface area contributed by atoms with Gasteiger partial charge in [-0.25, -0.2) is 0 Å². The molecule has 1 aliphatic carbocycles. The number of rotatable bonds is 3. The summed E-state index contributed by atoms with van der Waals surface area (Å²) in [6.07, 6.45) is 4.47. The van der Waals surface area contributed by atoms with Crippen molar-refractivity contribution in [3.05, 3.63) is 53.3 Å². The fourth-order valence-corrected chi connectivity index (χ4v) is 4.79. The lowest BCUT2D eigenvalue weighted by Gasteiger charge is -2.51. The SMILES string of the molecule is Cc1ncccc1Nc1cccc2c1C[C@]21CC(=O)N(C2CCOCC2)C(=N)N1. The van der Waals surface area contributed by atoms with Crippen molar-refractivity contribution in [3.8, 4) is 0 Å². The Hall–Kier alpha value is -2.93. The number of aromatic nitrogens is 1. The molecule has 3 aliphatic rings. The number of benzene rings is 1. The highest BCUT2D eigenvalue weighted by molar-refractivity contribution is 6.00. The molecule has 3 N–H and O–H groups in total. The molecule has 1 aromatic heterocycles. The van der Waals surface area contributed by atoms with E-state index in [1.165, 1.54) is 5.56 Å². The van der Waals surface area contributed by atoms with Gasteiger partial charge in [0, 0.05) is 37.6 Å². The Labute approximate surface area is 170 Å². The summed E-state index contributed by atoms with van der Waals surface area (Å²) in [5, 5.41) is 15.4. The third kappa shape index (κ3) is 2.97. The lowest BCUT2D eigenvalue weighted by Crippen LogP contribution is -2.66. The average molecular weight is 391 g/mol. The zero-order valence-electron chi connectivity index (χ0n) is 16.5. The van der Waals surface area contributed by atoms with Crippen LogP contribution in [0.5, 0.6) is 0 Å². The standard InChI is InChI=1S/C22H25N5O2/c1-14-18(6-3-9-24-14)25-19-5-2-4-17-16(19)12-22(17)13-20(28)27(21(23)26-22)15-7-10-29-11-8-15/h2-6,9,15,25H,7-8,10-13H2,1H3,(H2,23,26)/t22-/m0/s1. The van der Waals surface area contributed by atoms with Gasteiger partial charge < -0.3 is 15.4 Å². The lowest BCUT2D eigenvalue weighted by atomic mass is 9.67. The fraction of sp³-hybridized carbons (Fsp3) is 0.409. The molecule has 29 heavy (non-hydrogen) atoms. The molecule has 1 spiro atoms. The summed E-state index contributed by atoms with van der Waals surface area (Å²) in [5.41, 5.74) is 4.80. The van der Waals surface area contributed by atoms with Gasteiger partial charge in [0.05, 0.1) is 23.3 Å². The number of carbonyl (C=O) groups is 1. The minimum absolute atomic E-state index is 0.0350. The van der Waals surface area contributed by atoms with E-state index in [0.717, 1.165) is 41.9 Å². The second-order valence-electron chi connectivity index (χ2n) is 8.11. The van der Waals surface area contributed by atoms with Gasteiger partial charge in [0.1, 0.15) is 0 Å². The molecule has 0 unspecified atom stereocenters. The first-order valence-corrected chi connectivity index (χ1v) is 10.1. The van der Waals surface area contributed by atoms with Gasteiger partial charge in [-0.2, -0.15) is 0 Å². The van der Waals surface area contributed by atoms with Gasteiger partial charge in [-0.05, 0) is 49.1 Å². The van der Waals surface area contributed by atoms with Crippen molar-refractivity contribution in [1.82, 2.24) is 15.2 Å². The Morgan fingerprint density at radius 2 is 2.00 bits per heavy atom. The molecular formula is C22H25N5O2. The van der Waals surface area contributed by atoms with E-state index in [2.05, 4.69) is 27.8 Å². The molecule has 2 saturated heterocycles. The number of guanidine groups is 1. The second-order valence-corrected chi connectivity index (χ2v) is 8.11. The minimum atomic E-state index is -0.465. The van der Waals surface area contributed by atoms with Crippen molar-refractivity contribution in [2.24, 2.45) is 0 Å². The van der Waals surface area contributed by atoms with Crippen LogP contribution in [-0.4, -0.2) is 41.0 Å². The Balaban J connectivity index is 1.39. The predicted octanol–water partition coefficient (Wildman–Crippen LogP) is 2.82. The van der Waals surface area contributed by atoms with Crippen LogP contribution in [0.2, 0.25) is 0 Å². The van der Waals surface area contributed by atoms with Crippen LogP contribution in [0.15, 0.2) is 36.5 Å². The predicted molar refractivity (Wildman–Crippen MR) is 110 cm³/mol. The molecule has 2 aromatic rings. The van der Waals surface area contributed by atoms with Gasteiger partial charge in [0.15, 0.2) is 5.96 Å². The fourth-order valence-electron chi connectivity index (χ4n) is 4.79. The van der Waals surface area contributed by atoms with Crippen molar-refractivity contribution in [3.63, 3.8) is 0 Å². The molecule has 1 aromatic carbocycles. The highest BCUT2D eigenvalue weighted by Crippen LogP contribution is 2.47. The number of anilines is 2. The van der Waals surface area contributed by atoms with Crippen molar-refractivity contribution in [2.45, 2.75) is 44.2 Å². The highest BCUT2D eigenvalue weighted by Gasteiger charge is 2.51. The molecular weight excluding hydrogens is 366 g/mol. The summed E-state index contributed by atoms with van der Waals surface area (Å²) < 4.78 is 5.41. The van der Waals surface area contributed by atoms with Gasteiger partial charge in [0.2, 0.25) is 5.91 Å². The maximum Gasteiger partial charge on any atom is 0.232 e. The van der Waals surface area contributed by atoms with Crippen molar-refractivity contribution < 1.29 is 9.53 Å². The summed E-state index contributed by atoms with van der Waals surface area (Å²) in [7, 11) is 0. The zero-order valence-corrected chi connectivity index (χ0v) is 16.5. The molecule has 2 fully saturated rings. The van der Waals surface area contributed by atoms with Crippen molar-refractivity contribution >= 4 is 23.2 Å². The van der Waals surface area contributed by atoms with Crippen LogP contribution in [0.25, 0.3) is 0 Å². The van der Waals surface area contributed by atoms with Crippen LogP contribution in [0.3, 0.4) is 0 Å². The number of fused-ring (bicyclic) bond motifs is 2. The number of hydrogen-bond donors (Lipinski definition) is 3. The summed E-state index contributed by atoms with van der Waals surface area (Å²) in [4.78, 5) is 19.0. The van der Waals surface area contributed by atoms with Crippen LogP contribution in [0, 0.1) is 12.3 Å². The molecule has 1 amide bonds. The van der Waals surface area contributed by atoms with E-state index in [9.17, 15) is 4.79 Å². The van der Waals surface area contributed by atoms with Gasteiger partial charge in [0.25, 0.3) is 0 Å². The van der Waals surface area contributed by atoms with E-state index < -0.39 is 5.54 Å². The monoisotopic (exact) mass is 391 g/mol. The Morgan fingerprint density at radius 3 is 2.76 bits per heavy atom. The first-order chi connectivity index (χ1) is 14.1. The maximum atomic E-state index is 13.0. The van der Waals surface area contributed by atoms with E-state index in [0.29, 0.717) is 19.6 Å². The molecule has 0 saturated carbocycles. The summed E-state index contributed by atoms with van der Waals surface area (Å²) in [5.74, 6) is 0.257. The van der Waals surface area contributed by atoms with Crippen LogP contribution >= 0.6 is 0 Å². The molecule has 1 atom stereocenters. The van der Waals surface area contributed by atoms with Gasteiger partial charge in [-0.1, -0.05) is 12.1 Å². The van der Waals surface area contributed by atoms with Crippen molar-refractivity contribution in [1.29, 1.82) is 5.41 Å². The summed E-state index contributed by atoms with van der Waals surface area (Å²) in [6.45, 7) is 3.28. The number of aryl methyl sites for hydroxylation is 1. The number of nitrogens with one attached hydrogen (secondary N) is 3. The number of carbonyl (C=O) groups excluding carboxylic acids is 1. The molecule has 0 bridgehead atoms. The highest BCUT2D eigenvalue weighted by atomic mass is 16.5. The number of nitrogens with zero attached hydrogens (tertiary/aromatic N) is 2. The smallest absolute Gasteiger partial charge is 0.232 e. The van der Waals surface area contributed by atoms with Crippen LogP contribution in [0.4, 0.5) is 11.4 Å². The molecule has 3 heterocycles. The number of hydrogen-bond acceptors (Lipinski definition) is 5. The molecule has 0 radical (unpaired) electrons. The second kappa shape index (κ2) is 6.84.